The van der Waals surface area contributed by atoms with Crippen molar-refractivity contribution < 1.29 is 22.7 Å². The quantitative estimate of drug-likeness (QED) is 0.678. The average molecular weight is 392 g/mol. The minimum Gasteiger partial charge on any atom is -0.497 e. The molecule has 0 bridgehead atoms. The van der Waals surface area contributed by atoms with E-state index in [4.69, 9.17) is 9.47 Å². The molecule has 2 N–H and O–H groups in total. The van der Waals surface area contributed by atoms with Crippen LogP contribution in [0, 0.1) is 0 Å². The summed E-state index contributed by atoms with van der Waals surface area (Å²) in [6, 6.07) is 13.4. The molecule has 0 aromatic heterocycles. The maximum atomic E-state index is 12.4. The van der Waals surface area contributed by atoms with Crippen LogP contribution in [0.3, 0.4) is 0 Å². The fourth-order valence-electron chi connectivity index (χ4n) is 2.36. The number of ether oxygens (including phenoxy) is 2. The normalized spacial score (nSPS) is 12.3. The SMILES string of the molecule is CNC(=O)[C@H](C)Oc1ccc(S(=O)(=O)NCCc2ccc(OC)cc2)cc1. The summed E-state index contributed by atoms with van der Waals surface area (Å²) < 4.78 is 37.9. The van der Waals surface area contributed by atoms with Crippen molar-refractivity contribution in [2.24, 2.45) is 0 Å². The van der Waals surface area contributed by atoms with E-state index in [1.54, 1.807) is 14.0 Å². The topological polar surface area (TPSA) is 93.7 Å². The van der Waals surface area contributed by atoms with E-state index >= 15 is 0 Å². The zero-order valence-electron chi connectivity index (χ0n) is 15.6. The number of rotatable bonds is 9. The van der Waals surface area contributed by atoms with Gasteiger partial charge in [0.05, 0.1) is 12.0 Å². The summed E-state index contributed by atoms with van der Waals surface area (Å²) in [5.74, 6) is 0.919. The molecule has 0 aliphatic carbocycles. The van der Waals surface area contributed by atoms with Gasteiger partial charge in [0.15, 0.2) is 6.10 Å². The van der Waals surface area contributed by atoms with Crippen molar-refractivity contribution in [3.63, 3.8) is 0 Å². The first kappa shape index (κ1) is 20.7. The van der Waals surface area contributed by atoms with E-state index in [-0.39, 0.29) is 17.3 Å². The molecule has 8 heteroatoms. The first-order chi connectivity index (χ1) is 12.9. The fraction of sp³-hybridized carbons (Fsp3) is 0.316. The Morgan fingerprint density at radius 3 is 2.19 bits per heavy atom. The molecule has 2 aromatic rings. The molecule has 146 valence electrons. The lowest BCUT2D eigenvalue weighted by atomic mass is 10.1. The molecule has 2 aromatic carbocycles. The Bertz CT molecular complexity index is 849. The van der Waals surface area contributed by atoms with Gasteiger partial charge in [-0.15, -0.1) is 0 Å². The highest BCUT2D eigenvalue weighted by molar-refractivity contribution is 7.89. The van der Waals surface area contributed by atoms with Gasteiger partial charge in [0.25, 0.3) is 5.91 Å². The van der Waals surface area contributed by atoms with Crippen LogP contribution in [0.1, 0.15) is 12.5 Å². The summed E-state index contributed by atoms with van der Waals surface area (Å²) in [6.07, 6.45) is -0.103. The molecule has 0 heterocycles. The van der Waals surface area contributed by atoms with E-state index in [1.165, 1.54) is 31.3 Å². The molecule has 0 unspecified atom stereocenters. The lowest BCUT2D eigenvalue weighted by molar-refractivity contribution is -0.126. The van der Waals surface area contributed by atoms with Gasteiger partial charge in [-0.1, -0.05) is 12.1 Å². The van der Waals surface area contributed by atoms with Crippen molar-refractivity contribution >= 4 is 15.9 Å². The molecule has 7 nitrogen and oxygen atoms in total. The van der Waals surface area contributed by atoms with Gasteiger partial charge in [-0.3, -0.25) is 4.79 Å². The average Bonchev–Trinajstić information content (AvgIpc) is 2.68. The van der Waals surface area contributed by atoms with E-state index in [0.29, 0.717) is 12.2 Å². The van der Waals surface area contributed by atoms with Crippen LogP contribution < -0.4 is 19.5 Å². The van der Waals surface area contributed by atoms with Gasteiger partial charge in [-0.05, 0) is 55.3 Å². The molecule has 0 spiro atoms. The Balaban J connectivity index is 1.92. The molecule has 0 aliphatic heterocycles. The number of sulfonamides is 1. The third-order valence-electron chi connectivity index (χ3n) is 3.93. The largest absolute Gasteiger partial charge is 0.497 e. The smallest absolute Gasteiger partial charge is 0.260 e. The van der Waals surface area contributed by atoms with Crippen LogP contribution in [0.25, 0.3) is 0 Å². The highest BCUT2D eigenvalue weighted by Gasteiger charge is 2.15. The number of nitrogens with one attached hydrogen (secondary N) is 2. The monoisotopic (exact) mass is 392 g/mol. The lowest BCUT2D eigenvalue weighted by Gasteiger charge is -2.13. The molecule has 0 saturated heterocycles. The second-order valence-electron chi connectivity index (χ2n) is 5.84. The van der Waals surface area contributed by atoms with Crippen LogP contribution in [0.15, 0.2) is 53.4 Å². The summed E-state index contributed by atoms with van der Waals surface area (Å²) in [6.45, 7) is 1.89. The Hall–Kier alpha value is -2.58. The number of benzene rings is 2. The number of methoxy groups -OCH3 is 1. The minimum absolute atomic E-state index is 0.136. The Labute approximate surface area is 159 Å². The number of likely N-dealkylation sites (N-methyl/N-ethyl adjacent to an activating group) is 1. The molecule has 0 radical (unpaired) electrons. The standard InChI is InChI=1S/C19H24N2O5S/c1-14(19(22)20-2)26-17-8-10-18(11-9-17)27(23,24)21-13-12-15-4-6-16(25-3)7-5-15/h4-11,14,21H,12-13H2,1-3H3,(H,20,22)/t14-/m0/s1. The molecule has 27 heavy (non-hydrogen) atoms. The number of carbonyl (C=O) groups excluding carboxylic acids is 1. The first-order valence-electron chi connectivity index (χ1n) is 8.46. The second kappa shape index (κ2) is 9.38. The molecule has 1 atom stereocenters. The second-order valence-corrected chi connectivity index (χ2v) is 7.61. The summed E-state index contributed by atoms with van der Waals surface area (Å²) in [4.78, 5) is 11.6. The van der Waals surface area contributed by atoms with Gasteiger partial charge in [-0.25, -0.2) is 13.1 Å². The van der Waals surface area contributed by atoms with Crippen LogP contribution in [-0.4, -0.2) is 41.1 Å². The van der Waals surface area contributed by atoms with Gasteiger partial charge in [0.1, 0.15) is 11.5 Å². The van der Waals surface area contributed by atoms with E-state index in [1.807, 2.05) is 24.3 Å². The van der Waals surface area contributed by atoms with Gasteiger partial charge in [0, 0.05) is 13.6 Å². The highest BCUT2D eigenvalue weighted by Crippen LogP contribution is 2.17. The van der Waals surface area contributed by atoms with E-state index in [0.717, 1.165) is 11.3 Å². The number of amides is 1. The summed E-state index contributed by atoms with van der Waals surface area (Å²) in [7, 11) is -0.500. The van der Waals surface area contributed by atoms with Crippen LogP contribution >= 0.6 is 0 Å². The predicted molar refractivity (Wildman–Crippen MR) is 102 cm³/mol. The summed E-state index contributed by atoms with van der Waals surface area (Å²) in [5, 5.41) is 2.49. The molecular weight excluding hydrogens is 368 g/mol. The minimum atomic E-state index is -3.62. The zero-order chi connectivity index (χ0) is 19.9. The van der Waals surface area contributed by atoms with Crippen molar-refractivity contribution in [3.8, 4) is 11.5 Å². The molecule has 2 rings (SSSR count). The number of hydrogen-bond acceptors (Lipinski definition) is 5. The van der Waals surface area contributed by atoms with Gasteiger partial charge in [0.2, 0.25) is 10.0 Å². The van der Waals surface area contributed by atoms with Crippen LogP contribution in [0.4, 0.5) is 0 Å². The summed E-state index contributed by atoms with van der Waals surface area (Å²) in [5.41, 5.74) is 1.01. The van der Waals surface area contributed by atoms with Crippen molar-refractivity contribution in [1.29, 1.82) is 0 Å². The third-order valence-corrected chi connectivity index (χ3v) is 5.40. The first-order valence-corrected chi connectivity index (χ1v) is 9.95. The van der Waals surface area contributed by atoms with Gasteiger partial charge >= 0.3 is 0 Å². The van der Waals surface area contributed by atoms with E-state index in [2.05, 4.69) is 10.0 Å². The predicted octanol–water partition coefficient (Wildman–Crippen LogP) is 1.73. The zero-order valence-corrected chi connectivity index (χ0v) is 16.4. The molecular formula is C19H24N2O5S. The van der Waals surface area contributed by atoms with Crippen LogP contribution in [0.2, 0.25) is 0 Å². The van der Waals surface area contributed by atoms with Gasteiger partial charge < -0.3 is 14.8 Å². The number of hydrogen-bond donors (Lipinski definition) is 2. The maximum Gasteiger partial charge on any atom is 0.260 e. The van der Waals surface area contributed by atoms with Crippen LogP contribution in [-0.2, 0) is 21.2 Å². The van der Waals surface area contributed by atoms with Crippen molar-refractivity contribution in [2.45, 2.75) is 24.3 Å². The Morgan fingerprint density at radius 2 is 1.63 bits per heavy atom. The molecule has 0 aliphatic rings. The van der Waals surface area contributed by atoms with E-state index < -0.39 is 16.1 Å². The van der Waals surface area contributed by atoms with Crippen LogP contribution in [0.5, 0.6) is 11.5 Å². The van der Waals surface area contributed by atoms with E-state index in [9.17, 15) is 13.2 Å². The molecule has 1 amide bonds. The lowest BCUT2D eigenvalue weighted by Crippen LogP contribution is -2.33. The molecule has 0 saturated carbocycles. The van der Waals surface area contributed by atoms with Crippen molar-refractivity contribution in [3.05, 3.63) is 54.1 Å². The molecule has 0 fully saturated rings. The van der Waals surface area contributed by atoms with Crippen molar-refractivity contribution in [1.82, 2.24) is 10.0 Å². The summed E-state index contributed by atoms with van der Waals surface area (Å²) >= 11 is 0. The van der Waals surface area contributed by atoms with Gasteiger partial charge in [-0.2, -0.15) is 0 Å². The van der Waals surface area contributed by atoms with Crippen molar-refractivity contribution in [2.75, 3.05) is 20.7 Å². The highest BCUT2D eigenvalue weighted by atomic mass is 32.2. The third kappa shape index (κ3) is 5.97. The maximum absolute atomic E-state index is 12.4. The Kier molecular flexibility index (Phi) is 7.20. The number of carbonyl (C=O) groups is 1. The fourth-order valence-corrected chi connectivity index (χ4v) is 3.40. The Morgan fingerprint density at radius 1 is 1.04 bits per heavy atom.